The van der Waals surface area contributed by atoms with Crippen molar-refractivity contribution in [3.63, 3.8) is 0 Å². The SMILES string of the molecule is CCOP(=O)(O)C1CNCC1c1ccc(Br)cc1. The molecule has 1 aliphatic heterocycles. The molecule has 0 bridgehead atoms. The highest BCUT2D eigenvalue weighted by Gasteiger charge is 2.42. The topological polar surface area (TPSA) is 58.6 Å². The Labute approximate surface area is 115 Å². The number of halogens is 1. The van der Waals surface area contributed by atoms with Crippen LogP contribution in [0.1, 0.15) is 18.4 Å². The van der Waals surface area contributed by atoms with E-state index in [1.807, 2.05) is 24.3 Å². The van der Waals surface area contributed by atoms with E-state index in [1.54, 1.807) is 6.92 Å². The summed E-state index contributed by atoms with van der Waals surface area (Å²) in [5.41, 5.74) is 0.709. The van der Waals surface area contributed by atoms with Crippen LogP contribution in [0.2, 0.25) is 0 Å². The third kappa shape index (κ3) is 3.03. The maximum Gasteiger partial charge on any atom is 0.333 e. The number of benzene rings is 1. The molecule has 18 heavy (non-hydrogen) atoms. The summed E-state index contributed by atoms with van der Waals surface area (Å²) in [5.74, 6) is 0.0282. The summed E-state index contributed by atoms with van der Waals surface area (Å²) in [5, 5.41) is 3.18. The van der Waals surface area contributed by atoms with E-state index in [-0.39, 0.29) is 18.2 Å². The van der Waals surface area contributed by atoms with Gasteiger partial charge in [-0.1, -0.05) is 28.1 Å². The molecule has 1 aromatic rings. The van der Waals surface area contributed by atoms with Gasteiger partial charge >= 0.3 is 7.60 Å². The average Bonchev–Trinajstić information content (AvgIpc) is 2.79. The van der Waals surface area contributed by atoms with Crippen LogP contribution in [0.5, 0.6) is 0 Å². The standard InChI is InChI=1S/C12H17BrNO3P/c1-2-17-18(15,16)12-8-14-7-11(12)9-3-5-10(13)6-4-9/h3-6,11-12,14H,2,7-8H2,1H3,(H,15,16). The molecular formula is C12H17BrNO3P. The first kappa shape index (κ1) is 14.2. The van der Waals surface area contributed by atoms with E-state index in [4.69, 9.17) is 4.52 Å². The summed E-state index contributed by atoms with van der Waals surface area (Å²) >= 11 is 3.39. The van der Waals surface area contributed by atoms with Crippen molar-refractivity contribution in [2.45, 2.75) is 18.5 Å². The molecule has 2 rings (SSSR count). The molecule has 6 heteroatoms. The van der Waals surface area contributed by atoms with Crippen molar-refractivity contribution >= 4 is 23.5 Å². The lowest BCUT2D eigenvalue weighted by Gasteiger charge is -2.23. The molecule has 0 saturated carbocycles. The number of hydrogen-bond acceptors (Lipinski definition) is 3. The highest BCUT2D eigenvalue weighted by Crippen LogP contribution is 2.53. The van der Waals surface area contributed by atoms with Gasteiger partial charge in [0.15, 0.2) is 0 Å². The Hall–Kier alpha value is -0.190. The van der Waals surface area contributed by atoms with E-state index in [0.717, 1.165) is 10.0 Å². The molecule has 100 valence electrons. The van der Waals surface area contributed by atoms with Gasteiger partial charge in [0, 0.05) is 23.5 Å². The molecule has 0 aliphatic carbocycles. The molecule has 1 saturated heterocycles. The first-order valence-electron chi connectivity index (χ1n) is 5.98. The smallest absolute Gasteiger partial charge is 0.324 e. The third-order valence-electron chi connectivity index (χ3n) is 3.21. The number of nitrogens with one attached hydrogen (secondary N) is 1. The summed E-state index contributed by atoms with van der Waals surface area (Å²) in [6, 6.07) is 7.88. The van der Waals surface area contributed by atoms with Crippen LogP contribution in [-0.4, -0.2) is 30.2 Å². The normalized spacial score (nSPS) is 27.1. The Morgan fingerprint density at radius 1 is 1.44 bits per heavy atom. The zero-order chi connectivity index (χ0) is 13.2. The lowest BCUT2D eigenvalue weighted by Crippen LogP contribution is -2.19. The Kier molecular flexibility index (Phi) is 4.62. The maximum absolute atomic E-state index is 12.2. The van der Waals surface area contributed by atoms with Crippen LogP contribution in [0.25, 0.3) is 0 Å². The van der Waals surface area contributed by atoms with Crippen LogP contribution < -0.4 is 5.32 Å². The van der Waals surface area contributed by atoms with Gasteiger partial charge in [-0.05, 0) is 24.6 Å². The third-order valence-corrected chi connectivity index (χ3v) is 5.75. The number of rotatable bonds is 4. The largest absolute Gasteiger partial charge is 0.333 e. The minimum absolute atomic E-state index is 0.0282. The lowest BCUT2D eigenvalue weighted by molar-refractivity contribution is 0.263. The van der Waals surface area contributed by atoms with Gasteiger partial charge in [-0.25, -0.2) is 0 Å². The number of hydrogen-bond donors (Lipinski definition) is 2. The van der Waals surface area contributed by atoms with Gasteiger partial charge in [-0.2, -0.15) is 0 Å². The van der Waals surface area contributed by atoms with Gasteiger partial charge in [-0.15, -0.1) is 0 Å². The van der Waals surface area contributed by atoms with E-state index >= 15 is 0 Å². The van der Waals surface area contributed by atoms with Crippen molar-refractivity contribution in [1.29, 1.82) is 0 Å². The Morgan fingerprint density at radius 3 is 2.72 bits per heavy atom. The summed E-state index contributed by atoms with van der Waals surface area (Å²) in [6.07, 6.45) is 0. The van der Waals surface area contributed by atoms with Crippen molar-refractivity contribution in [2.75, 3.05) is 19.7 Å². The van der Waals surface area contributed by atoms with E-state index in [1.165, 1.54) is 0 Å². The maximum atomic E-state index is 12.2. The average molecular weight is 334 g/mol. The van der Waals surface area contributed by atoms with Crippen molar-refractivity contribution in [2.24, 2.45) is 0 Å². The van der Waals surface area contributed by atoms with Crippen molar-refractivity contribution in [3.05, 3.63) is 34.3 Å². The Balaban J connectivity index is 2.22. The summed E-state index contributed by atoms with van der Waals surface area (Å²) in [4.78, 5) is 9.98. The summed E-state index contributed by atoms with van der Waals surface area (Å²) in [6.45, 7) is 3.23. The predicted molar refractivity (Wildman–Crippen MR) is 75.0 cm³/mol. The molecule has 0 aromatic heterocycles. The van der Waals surface area contributed by atoms with Gasteiger partial charge < -0.3 is 14.7 Å². The predicted octanol–water partition coefficient (Wildman–Crippen LogP) is 2.73. The summed E-state index contributed by atoms with van der Waals surface area (Å²) in [7, 11) is -3.55. The van der Waals surface area contributed by atoms with Crippen molar-refractivity contribution in [1.82, 2.24) is 5.32 Å². The molecule has 0 radical (unpaired) electrons. The van der Waals surface area contributed by atoms with Crippen LogP contribution in [0.3, 0.4) is 0 Å². The van der Waals surface area contributed by atoms with E-state index in [0.29, 0.717) is 13.1 Å². The molecule has 3 atom stereocenters. The van der Waals surface area contributed by atoms with Crippen molar-refractivity contribution < 1.29 is 14.0 Å². The van der Waals surface area contributed by atoms with Crippen LogP contribution in [0.15, 0.2) is 28.7 Å². The second kappa shape index (κ2) is 5.85. The van der Waals surface area contributed by atoms with Gasteiger partial charge in [0.2, 0.25) is 0 Å². The first-order valence-corrected chi connectivity index (χ1v) is 8.41. The van der Waals surface area contributed by atoms with E-state index in [2.05, 4.69) is 21.2 Å². The van der Waals surface area contributed by atoms with Crippen LogP contribution in [0, 0.1) is 0 Å². The first-order chi connectivity index (χ1) is 8.54. The molecule has 1 aliphatic rings. The zero-order valence-electron chi connectivity index (χ0n) is 10.2. The van der Waals surface area contributed by atoms with E-state index in [9.17, 15) is 9.46 Å². The summed E-state index contributed by atoms with van der Waals surface area (Å²) < 4.78 is 18.2. The Morgan fingerprint density at radius 2 is 2.11 bits per heavy atom. The van der Waals surface area contributed by atoms with Gasteiger partial charge in [-0.3, -0.25) is 4.57 Å². The van der Waals surface area contributed by atoms with E-state index < -0.39 is 7.60 Å². The molecule has 0 spiro atoms. The van der Waals surface area contributed by atoms with Crippen LogP contribution in [-0.2, 0) is 9.09 Å². The molecule has 3 unspecified atom stereocenters. The van der Waals surface area contributed by atoms with Gasteiger partial charge in [0.1, 0.15) is 0 Å². The zero-order valence-corrected chi connectivity index (χ0v) is 12.7. The molecule has 1 heterocycles. The molecule has 1 fully saturated rings. The second-order valence-corrected chi connectivity index (χ2v) is 7.33. The molecule has 1 aromatic carbocycles. The van der Waals surface area contributed by atoms with Crippen LogP contribution in [0.4, 0.5) is 0 Å². The fourth-order valence-electron chi connectivity index (χ4n) is 2.34. The van der Waals surface area contributed by atoms with Crippen LogP contribution >= 0.6 is 23.5 Å². The Bertz CT molecular complexity index is 451. The quantitative estimate of drug-likeness (QED) is 0.832. The minimum atomic E-state index is -3.55. The minimum Gasteiger partial charge on any atom is -0.324 e. The highest BCUT2D eigenvalue weighted by atomic mass is 79.9. The van der Waals surface area contributed by atoms with Gasteiger partial charge in [0.25, 0.3) is 0 Å². The molecule has 0 amide bonds. The molecule has 2 N–H and O–H groups in total. The fourth-order valence-corrected chi connectivity index (χ4v) is 4.26. The lowest BCUT2D eigenvalue weighted by atomic mass is 9.98. The van der Waals surface area contributed by atoms with Gasteiger partial charge in [0.05, 0.1) is 12.3 Å². The van der Waals surface area contributed by atoms with Crippen molar-refractivity contribution in [3.8, 4) is 0 Å². The second-order valence-electron chi connectivity index (χ2n) is 4.37. The highest BCUT2D eigenvalue weighted by molar-refractivity contribution is 9.10. The fraction of sp³-hybridized carbons (Fsp3) is 0.500. The molecular weight excluding hydrogens is 317 g/mol. The monoisotopic (exact) mass is 333 g/mol. The molecule has 4 nitrogen and oxygen atoms in total.